The molecule has 0 bridgehead atoms. The average Bonchev–Trinajstić information content (AvgIpc) is 3.03. The molecular formula is C15H13BrFN3O2. The SMILES string of the molecule is O=c1[nH]c(CN2CC[C@@H](F)C2)nc2c1oc1ccc(Br)cc12. The lowest BCUT2D eigenvalue weighted by atomic mass is 10.2. The van der Waals surface area contributed by atoms with Crippen molar-refractivity contribution in [3.8, 4) is 0 Å². The van der Waals surface area contributed by atoms with Crippen LogP contribution >= 0.6 is 15.9 Å². The van der Waals surface area contributed by atoms with Crippen molar-refractivity contribution in [2.45, 2.75) is 19.1 Å². The molecule has 4 rings (SSSR count). The second kappa shape index (κ2) is 5.17. The maximum Gasteiger partial charge on any atom is 0.294 e. The van der Waals surface area contributed by atoms with E-state index in [0.717, 1.165) is 9.86 Å². The van der Waals surface area contributed by atoms with E-state index < -0.39 is 6.17 Å². The minimum atomic E-state index is -0.791. The summed E-state index contributed by atoms with van der Waals surface area (Å²) in [6, 6.07) is 5.53. The molecule has 0 amide bonds. The van der Waals surface area contributed by atoms with Crippen molar-refractivity contribution in [2.24, 2.45) is 0 Å². The van der Waals surface area contributed by atoms with E-state index in [0.29, 0.717) is 43.0 Å². The third-order valence-electron chi connectivity index (χ3n) is 3.92. The van der Waals surface area contributed by atoms with Crippen LogP contribution in [0.3, 0.4) is 0 Å². The lowest BCUT2D eigenvalue weighted by Crippen LogP contribution is -2.23. The Hall–Kier alpha value is -1.73. The Bertz CT molecular complexity index is 920. The van der Waals surface area contributed by atoms with E-state index in [2.05, 4.69) is 25.9 Å². The van der Waals surface area contributed by atoms with Gasteiger partial charge in [-0.05, 0) is 24.6 Å². The highest BCUT2D eigenvalue weighted by molar-refractivity contribution is 9.10. The molecule has 0 spiro atoms. The van der Waals surface area contributed by atoms with Gasteiger partial charge in [0.1, 0.15) is 23.1 Å². The van der Waals surface area contributed by atoms with E-state index in [4.69, 9.17) is 4.42 Å². The summed E-state index contributed by atoms with van der Waals surface area (Å²) in [7, 11) is 0. The highest BCUT2D eigenvalue weighted by Gasteiger charge is 2.23. The van der Waals surface area contributed by atoms with Crippen molar-refractivity contribution < 1.29 is 8.81 Å². The number of H-pyrrole nitrogens is 1. The Labute approximate surface area is 133 Å². The molecule has 2 aromatic heterocycles. The van der Waals surface area contributed by atoms with Gasteiger partial charge in [-0.2, -0.15) is 0 Å². The number of halogens is 2. The van der Waals surface area contributed by atoms with Crippen molar-refractivity contribution in [3.63, 3.8) is 0 Å². The minimum Gasteiger partial charge on any atom is -0.449 e. The lowest BCUT2D eigenvalue weighted by molar-refractivity contribution is 0.277. The highest BCUT2D eigenvalue weighted by Crippen LogP contribution is 2.28. The van der Waals surface area contributed by atoms with Crippen molar-refractivity contribution in [3.05, 3.63) is 38.9 Å². The van der Waals surface area contributed by atoms with E-state index in [1.165, 1.54) is 0 Å². The molecule has 0 unspecified atom stereocenters. The van der Waals surface area contributed by atoms with Crippen LogP contribution in [0.2, 0.25) is 0 Å². The molecule has 1 aliphatic rings. The zero-order valence-electron chi connectivity index (χ0n) is 11.6. The predicted octanol–water partition coefficient (Wildman–Crippen LogP) is 2.98. The molecule has 1 fully saturated rings. The number of hydrogen-bond acceptors (Lipinski definition) is 4. The Morgan fingerprint density at radius 2 is 2.36 bits per heavy atom. The molecule has 0 aliphatic carbocycles. The number of furan rings is 1. The van der Waals surface area contributed by atoms with Crippen LogP contribution in [0.4, 0.5) is 4.39 Å². The largest absolute Gasteiger partial charge is 0.449 e. The summed E-state index contributed by atoms with van der Waals surface area (Å²) in [5.74, 6) is 0.536. The predicted molar refractivity (Wildman–Crippen MR) is 84.6 cm³/mol. The zero-order valence-corrected chi connectivity index (χ0v) is 13.2. The molecule has 0 radical (unpaired) electrons. The number of fused-ring (bicyclic) bond motifs is 3. The molecule has 1 aromatic carbocycles. The van der Waals surface area contributed by atoms with Crippen LogP contribution in [0, 0.1) is 0 Å². The van der Waals surface area contributed by atoms with E-state index >= 15 is 0 Å². The van der Waals surface area contributed by atoms with Gasteiger partial charge < -0.3 is 9.40 Å². The van der Waals surface area contributed by atoms with Crippen LogP contribution in [-0.2, 0) is 6.54 Å². The molecular weight excluding hydrogens is 353 g/mol. The fourth-order valence-electron chi connectivity index (χ4n) is 2.89. The summed E-state index contributed by atoms with van der Waals surface area (Å²) in [6.07, 6.45) is -0.255. The molecule has 5 nitrogen and oxygen atoms in total. The standard InChI is InChI=1S/C15H13BrFN3O2/c16-8-1-2-11-10(5-8)13-14(22-11)15(21)19-12(18-13)7-20-4-3-9(17)6-20/h1-2,5,9H,3-4,6-7H2,(H,18,19,21)/t9-/m1/s1. The molecule has 3 aromatic rings. The van der Waals surface area contributed by atoms with Crippen LogP contribution in [0.25, 0.3) is 22.1 Å². The molecule has 0 saturated carbocycles. The minimum absolute atomic E-state index is 0.224. The van der Waals surface area contributed by atoms with Crippen LogP contribution in [0.15, 0.2) is 31.9 Å². The second-order valence-corrected chi connectivity index (χ2v) is 6.47. The molecule has 22 heavy (non-hydrogen) atoms. The molecule has 1 saturated heterocycles. The summed E-state index contributed by atoms with van der Waals surface area (Å²) in [5.41, 5.74) is 1.09. The number of hydrogen-bond donors (Lipinski definition) is 1. The quantitative estimate of drug-likeness (QED) is 0.758. The Morgan fingerprint density at radius 1 is 1.50 bits per heavy atom. The van der Waals surface area contributed by atoms with Crippen LogP contribution in [0.5, 0.6) is 0 Å². The van der Waals surface area contributed by atoms with Gasteiger partial charge in [-0.3, -0.25) is 9.69 Å². The number of aromatic amines is 1. The number of benzene rings is 1. The summed E-state index contributed by atoms with van der Waals surface area (Å²) < 4.78 is 19.7. The smallest absolute Gasteiger partial charge is 0.294 e. The monoisotopic (exact) mass is 365 g/mol. The van der Waals surface area contributed by atoms with Crippen molar-refractivity contribution >= 4 is 38.0 Å². The number of alkyl halides is 1. The molecule has 7 heteroatoms. The molecule has 3 heterocycles. The van der Waals surface area contributed by atoms with E-state index in [-0.39, 0.29) is 11.1 Å². The third-order valence-corrected chi connectivity index (χ3v) is 4.42. The fourth-order valence-corrected chi connectivity index (χ4v) is 3.25. The maximum absolute atomic E-state index is 13.3. The van der Waals surface area contributed by atoms with Crippen LogP contribution in [0.1, 0.15) is 12.2 Å². The maximum atomic E-state index is 13.3. The topological polar surface area (TPSA) is 62.1 Å². The number of nitrogens with zero attached hydrogens (tertiary/aromatic N) is 2. The fraction of sp³-hybridized carbons (Fsp3) is 0.333. The van der Waals surface area contributed by atoms with Gasteiger partial charge >= 0.3 is 0 Å². The highest BCUT2D eigenvalue weighted by atomic mass is 79.9. The van der Waals surface area contributed by atoms with Gasteiger partial charge in [0.15, 0.2) is 0 Å². The first-order valence-electron chi connectivity index (χ1n) is 7.07. The molecule has 114 valence electrons. The second-order valence-electron chi connectivity index (χ2n) is 5.55. The Morgan fingerprint density at radius 3 is 3.14 bits per heavy atom. The average molecular weight is 366 g/mol. The summed E-state index contributed by atoms with van der Waals surface area (Å²) in [5, 5.41) is 0.793. The van der Waals surface area contributed by atoms with Crippen LogP contribution < -0.4 is 5.56 Å². The molecule has 1 atom stereocenters. The van der Waals surface area contributed by atoms with Gasteiger partial charge in [0.25, 0.3) is 5.56 Å². The number of rotatable bonds is 2. The van der Waals surface area contributed by atoms with Gasteiger partial charge in [-0.1, -0.05) is 15.9 Å². The molecule has 1 N–H and O–H groups in total. The van der Waals surface area contributed by atoms with E-state index in [1.54, 1.807) is 6.07 Å². The number of aromatic nitrogens is 2. The van der Waals surface area contributed by atoms with Gasteiger partial charge in [0, 0.05) is 22.9 Å². The third kappa shape index (κ3) is 2.34. The van der Waals surface area contributed by atoms with E-state index in [1.807, 2.05) is 17.0 Å². The summed E-state index contributed by atoms with van der Waals surface area (Å²) >= 11 is 3.41. The zero-order chi connectivity index (χ0) is 15.3. The van der Waals surface area contributed by atoms with Gasteiger partial charge in [-0.25, -0.2) is 9.37 Å². The van der Waals surface area contributed by atoms with Crippen LogP contribution in [-0.4, -0.2) is 34.1 Å². The first-order chi connectivity index (χ1) is 10.6. The number of nitrogens with one attached hydrogen (secondary N) is 1. The lowest BCUT2D eigenvalue weighted by Gasteiger charge is -2.13. The first-order valence-corrected chi connectivity index (χ1v) is 7.87. The van der Waals surface area contributed by atoms with Crippen molar-refractivity contribution in [1.82, 2.24) is 14.9 Å². The Kier molecular flexibility index (Phi) is 3.27. The number of likely N-dealkylation sites (tertiary alicyclic amines) is 1. The van der Waals surface area contributed by atoms with Gasteiger partial charge in [0.05, 0.1) is 6.54 Å². The summed E-state index contributed by atoms with van der Waals surface area (Å²) in [4.78, 5) is 21.4. The van der Waals surface area contributed by atoms with Crippen molar-refractivity contribution in [2.75, 3.05) is 13.1 Å². The van der Waals surface area contributed by atoms with Crippen molar-refractivity contribution in [1.29, 1.82) is 0 Å². The normalized spacial score (nSPS) is 19.5. The van der Waals surface area contributed by atoms with E-state index in [9.17, 15) is 9.18 Å². The van der Waals surface area contributed by atoms with Gasteiger partial charge in [0.2, 0.25) is 5.58 Å². The summed E-state index contributed by atoms with van der Waals surface area (Å²) in [6.45, 7) is 1.51. The Balaban J connectivity index is 1.82. The first kappa shape index (κ1) is 13.9. The molecule has 1 aliphatic heterocycles. The van der Waals surface area contributed by atoms with Gasteiger partial charge in [-0.15, -0.1) is 0 Å².